The van der Waals surface area contributed by atoms with Crippen molar-refractivity contribution in [3.05, 3.63) is 35.1 Å². The monoisotopic (exact) mass is 334 g/mol. The number of hydrogen-bond donors (Lipinski definition) is 1. The summed E-state index contributed by atoms with van der Waals surface area (Å²) in [7, 11) is 1.85. The van der Waals surface area contributed by atoms with E-state index < -0.39 is 59.2 Å². The highest BCUT2D eigenvalue weighted by molar-refractivity contribution is 5.98. The maximum absolute atomic E-state index is 13.7. The molecule has 1 aromatic rings. The first-order valence-corrected chi connectivity index (χ1v) is 6.24. The summed E-state index contributed by atoms with van der Waals surface area (Å²) in [5, 5.41) is 9.20. The van der Waals surface area contributed by atoms with E-state index in [1.807, 2.05) is 0 Å². The molecule has 0 unspecified atom stereocenters. The molecule has 0 amide bonds. The Morgan fingerprint density at radius 3 is 1.91 bits per heavy atom. The molecule has 0 heterocycles. The topological polar surface area (TPSA) is 89.9 Å². The molecule has 0 aromatic heterocycles. The predicted octanol–water partition coefficient (Wildman–Crippen LogP) is 1.31. The summed E-state index contributed by atoms with van der Waals surface area (Å²) in [6.07, 6.45) is -0.743. The number of aliphatic carboxylic acids is 1. The molecule has 0 radical (unpaired) electrons. The number of halogens is 3. The smallest absolute Gasteiger partial charge is 0.320 e. The molecule has 9 heteroatoms. The zero-order valence-electron chi connectivity index (χ0n) is 12.1. The summed E-state index contributed by atoms with van der Waals surface area (Å²) < 4.78 is 48.4. The molecular weight excluding hydrogens is 321 g/mol. The lowest BCUT2D eigenvalue weighted by Gasteiger charge is -2.20. The van der Waals surface area contributed by atoms with Crippen molar-refractivity contribution in [2.75, 3.05) is 14.2 Å². The largest absolute Gasteiger partial charge is 0.481 e. The molecule has 0 bridgehead atoms. The number of benzene rings is 1. The van der Waals surface area contributed by atoms with E-state index in [2.05, 4.69) is 9.47 Å². The van der Waals surface area contributed by atoms with Crippen LogP contribution < -0.4 is 0 Å². The number of carboxylic acids is 1. The highest BCUT2D eigenvalue weighted by Gasteiger charge is 2.41. The van der Waals surface area contributed by atoms with Crippen LogP contribution in [0.25, 0.3) is 0 Å². The van der Waals surface area contributed by atoms with Crippen molar-refractivity contribution in [3.8, 4) is 0 Å². The lowest BCUT2D eigenvalue weighted by Crippen LogP contribution is -2.38. The minimum Gasteiger partial charge on any atom is -0.481 e. The Bertz CT molecular complexity index is 615. The Balaban J connectivity index is 3.25. The van der Waals surface area contributed by atoms with Crippen molar-refractivity contribution in [1.29, 1.82) is 0 Å². The molecule has 6 nitrogen and oxygen atoms in total. The molecule has 23 heavy (non-hydrogen) atoms. The first kappa shape index (κ1) is 18.5. The van der Waals surface area contributed by atoms with Gasteiger partial charge in [0, 0.05) is 6.07 Å². The minimum absolute atomic E-state index is 0.245. The van der Waals surface area contributed by atoms with Gasteiger partial charge in [0.25, 0.3) is 0 Å². The average Bonchev–Trinajstić information content (AvgIpc) is 2.50. The minimum atomic E-state index is -1.88. The van der Waals surface area contributed by atoms with Gasteiger partial charge >= 0.3 is 17.9 Å². The van der Waals surface area contributed by atoms with Crippen molar-refractivity contribution >= 4 is 17.9 Å². The molecule has 0 fully saturated rings. The van der Waals surface area contributed by atoms with Gasteiger partial charge in [0.05, 0.1) is 20.1 Å². The number of hydrogen-bond acceptors (Lipinski definition) is 5. The van der Waals surface area contributed by atoms with Gasteiger partial charge in [-0.3, -0.25) is 14.4 Å². The summed E-state index contributed by atoms with van der Waals surface area (Å²) in [5.41, 5.74) is -0.505. The summed E-state index contributed by atoms with van der Waals surface area (Å²) in [4.78, 5) is 34.6. The quantitative estimate of drug-likeness (QED) is 0.479. The van der Waals surface area contributed by atoms with Gasteiger partial charge in [-0.15, -0.1) is 0 Å². The van der Waals surface area contributed by atoms with Crippen LogP contribution in [0.15, 0.2) is 12.1 Å². The van der Waals surface area contributed by atoms with Gasteiger partial charge in [0.15, 0.2) is 17.6 Å². The van der Waals surface area contributed by atoms with Gasteiger partial charge in [-0.05, 0) is 18.1 Å². The number of esters is 2. The second-order valence-corrected chi connectivity index (χ2v) is 4.53. The van der Waals surface area contributed by atoms with E-state index >= 15 is 0 Å². The van der Waals surface area contributed by atoms with E-state index in [0.717, 1.165) is 14.2 Å². The fraction of sp³-hybridized carbons (Fsp3) is 0.357. The average molecular weight is 334 g/mol. The number of carboxylic acid groups (broad SMARTS) is 1. The summed E-state index contributed by atoms with van der Waals surface area (Å²) >= 11 is 0. The summed E-state index contributed by atoms with van der Waals surface area (Å²) in [6.45, 7) is 0. The van der Waals surface area contributed by atoms with Crippen LogP contribution in [0.3, 0.4) is 0 Å². The third kappa shape index (κ3) is 4.21. The van der Waals surface area contributed by atoms with Crippen molar-refractivity contribution < 1.29 is 42.1 Å². The van der Waals surface area contributed by atoms with E-state index in [0.29, 0.717) is 6.07 Å². The van der Waals surface area contributed by atoms with E-state index in [4.69, 9.17) is 0 Å². The number of methoxy groups -OCH3 is 2. The first-order valence-electron chi connectivity index (χ1n) is 6.24. The normalized spacial score (nSPS) is 11.9. The lowest BCUT2D eigenvalue weighted by atomic mass is 9.86. The van der Waals surface area contributed by atoms with Crippen LogP contribution in [0.4, 0.5) is 13.2 Å². The Morgan fingerprint density at radius 1 is 1.00 bits per heavy atom. The van der Waals surface area contributed by atoms with Gasteiger partial charge in [-0.1, -0.05) is 0 Å². The van der Waals surface area contributed by atoms with E-state index in [1.54, 1.807) is 0 Å². The van der Waals surface area contributed by atoms with Crippen LogP contribution in [0.5, 0.6) is 0 Å². The number of ether oxygens (including phenoxy) is 2. The van der Waals surface area contributed by atoms with E-state index in [9.17, 15) is 32.7 Å². The van der Waals surface area contributed by atoms with Crippen LogP contribution in [0, 0.1) is 29.3 Å². The Hall–Kier alpha value is -2.58. The van der Waals surface area contributed by atoms with Crippen molar-refractivity contribution in [3.63, 3.8) is 0 Å². The SMILES string of the molecule is COC(=O)C(C(=O)OC)[C@H](Cc1cc(F)c(F)cc1F)C(=O)O. The summed E-state index contributed by atoms with van der Waals surface area (Å²) in [6, 6.07) is 0.709. The van der Waals surface area contributed by atoms with Gasteiger partial charge in [-0.2, -0.15) is 0 Å². The van der Waals surface area contributed by atoms with Crippen molar-refractivity contribution in [1.82, 2.24) is 0 Å². The zero-order chi connectivity index (χ0) is 17.7. The second kappa shape index (κ2) is 7.61. The molecular formula is C14H13F3O6. The molecule has 1 atom stereocenters. The third-order valence-electron chi connectivity index (χ3n) is 3.16. The molecule has 0 spiro atoms. The maximum Gasteiger partial charge on any atom is 0.320 e. The van der Waals surface area contributed by atoms with E-state index in [-0.39, 0.29) is 6.07 Å². The predicted molar refractivity (Wildman–Crippen MR) is 68.7 cm³/mol. The Kier molecular flexibility index (Phi) is 6.11. The molecule has 0 aliphatic rings. The molecule has 1 N–H and O–H groups in total. The van der Waals surface area contributed by atoms with Crippen molar-refractivity contribution in [2.24, 2.45) is 11.8 Å². The molecule has 126 valence electrons. The molecule has 0 saturated carbocycles. The second-order valence-electron chi connectivity index (χ2n) is 4.53. The molecule has 0 saturated heterocycles. The van der Waals surface area contributed by atoms with Crippen LogP contribution >= 0.6 is 0 Å². The fourth-order valence-electron chi connectivity index (χ4n) is 1.98. The van der Waals surface area contributed by atoms with Crippen LogP contribution in [0.1, 0.15) is 5.56 Å². The number of carbonyl (C=O) groups excluding carboxylic acids is 2. The Labute approximate surface area is 128 Å². The van der Waals surface area contributed by atoms with Gasteiger partial charge in [-0.25, -0.2) is 13.2 Å². The third-order valence-corrected chi connectivity index (χ3v) is 3.16. The fourth-order valence-corrected chi connectivity index (χ4v) is 1.98. The highest BCUT2D eigenvalue weighted by atomic mass is 19.2. The van der Waals surface area contributed by atoms with Crippen LogP contribution in [0.2, 0.25) is 0 Å². The van der Waals surface area contributed by atoms with Gasteiger partial charge < -0.3 is 14.6 Å². The molecule has 1 aromatic carbocycles. The van der Waals surface area contributed by atoms with Crippen molar-refractivity contribution in [2.45, 2.75) is 6.42 Å². The van der Waals surface area contributed by atoms with E-state index in [1.165, 1.54) is 0 Å². The first-order chi connectivity index (χ1) is 10.7. The van der Waals surface area contributed by atoms with Crippen LogP contribution in [-0.2, 0) is 30.3 Å². The van der Waals surface area contributed by atoms with Crippen LogP contribution in [-0.4, -0.2) is 37.2 Å². The Morgan fingerprint density at radius 2 is 1.48 bits per heavy atom. The molecule has 0 aliphatic heterocycles. The van der Waals surface area contributed by atoms with Gasteiger partial charge in [0.2, 0.25) is 0 Å². The molecule has 1 rings (SSSR count). The number of rotatable bonds is 6. The lowest BCUT2D eigenvalue weighted by molar-refractivity contribution is -0.167. The number of carbonyl (C=O) groups is 3. The maximum atomic E-state index is 13.7. The standard InChI is InChI=1S/C14H13F3O6/c1-22-13(20)11(14(21)23-2)7(12(18)19)3-6-4-9(16)10(17)5-8(6)15/h4-5,7,11H,3H2,1-2H3,(H,18,19)/t7-/m0/s1. The van der Waals surface area contributed by atoms with Gasteiger partial charge in [0.1, 0.15) is 5.82 Å². The highest BCUT2D eigenvalue weighted by Crippen LogP contribution is 2.24. The molecule has 0 aliphatic carbocycles. The zero-order valence-corrected chi connectivity index (χ0v) is 12.1. The summed E-state index contributed by atoms with van der Waals surface area (Å²) in [5.74, 6) is -11.7.